The molecule has 0 spiro atoms. The number of furan rings is 1. The number of hydrogen-bond donors (Lipinski definition) is 1. The Kier molecular flexibility index (Phi) is 10.6. The number of rotatable bonds is 8. The maximum atomic E-state index is 14.2. The van der Waals surface area contributed by atoms with Crippen LogP contribution in [0.25, 0.3) is 0 Å². The normalized spacial score (nSPS) is 16.4. The van der Waals surface area contributed by atoms with Crippen LogP contribution >= 0.6 is 0 Å². The molecule has 2 aromatic carbocycles. The number of hydrogen-bond acceptors (Lipinski definition) is 6. The van der Waals surface area contributed by atoms with Crippen LogP contribution in [0.4, 0.5) is 18.9 Å². The molecule has 8 nitrogen and oxygen atoms in total. The summed E-state index contributed by atoms with van der Waals surface area (Å²) in [6, 6.07) is 18.5. The van der Waals surface area contributed by atoms with Crippen molar-refractivity contribution >= 4 is 27.2 Å². The zero-order chi connectivity index (χ0) is 33.4. The Morgan fingerprint density at radius 2 is 1.85 bits per heavy atom. The van der Waals surface area contributed by atoms with Crippen LogP contribution in [0.1, 0.15) is 56.9 Å². The molecule has 2 aromatic heterocycles. The third-order valence-electron chi connectivity index (χ3n) is 7.73. The first-order chi connectivity index (χ1) is 22.5. The average molecular weight is 663 g/mol. The van der Waals surface area contributed by atoms with Gasteiger partial charge in [-0.05, 0) is 81.7 Å². The van der Waals surface area contributed by atoms with Crippen LogP contribution in [0.15, 0.2) is 99.1 Å². The molecule has 1 aliphatic rings. The van der Waals surface area contributed by atoms with Crippen molar-refractivity contribution in [3.63, 3.8) is 0 Å². The largest absolute Gasteiger partial charge is 0.459 e. The highest BCUT2D eigenvalue weighted by molar-refractivity contribution is 7.94. The van der Waals surface area contributed by atoms with Crippen molar-refractivity contribution in [2.24, 2.45) is 10.3 Å². The second kappa shape index (κ2) is 14.8. The van der Waals surface area contributed by atoms with Gasteiger partial charge in [-0.15, -0.1) is 0 Å². The van der Waals surface area contributed by atoms with Gasteiger partial charge in [-0.1, -0.05) is 36.1 Å². The van der Waals surface area contributed by atoms with E-state index in [-0.39, 0.29) is 35.9 Å². The second-order valence-electron chi connectivity index (χ2n) is 11.3. The summed E-state index contributed by atoms with van der Waals surface area (Å²) in [5.41, 5.74) is 2.35. The summed E-state index contributed by atoms with van der Waals surface area (Å²) < 4.78 is 63.4. The second-order valence-corrected chi connectivity index (χ2v) is 13.6. The molecule has 1 fully saturated rings. The van der Waals surface area contributed by atoms with E-state index in [1.165, 1.54) is 24.7 Å². The number of nitrogens with zero attached hydrogens (tertiary/aromatic N) is 3. The van der Waals surface area contributed by atoms with E-state index in [0.717, 1.165) is 0 Å². The number of amides is 2. The molecule has 2 amide bonds. The quantitative estimate of drug-likeness (QED) is 0.205. The Labute approximate surface area is 271 Å². The number of aryl methyl sites for hydroxylation is 1. The molecule has 1 aliphatic heterocycles. The van der Waals surface area contributed by atoms with E-state index < -0.39 is 27.7 Å². The van der Waals surface area contributed by atoms with Crippen LogP contribution in [0.2, 0.25) is 0 Å². The van der Waals surface area contributed by atoms with Gasteiger partial charge in [0.05, 0.1) is 27.5 Å². The molecule has 3 heterocycles. The van der Waals surface area contributed by atoms with Crippen molar-refractivity contribution in [2.45, 2.75) is 37.3 Å². The maximum absolute atomic E-state index is 14.2. The van der Waals surface area contributed by atoms with Gasteiger partial charge in [0.2, 0.25) is 0 Å². The van der Waals surface area contributed by atoms with Crippen LogP contribution in [-0.2, 0) is 9.73 Å². The van der Waals surface area contributed by atoms with E-state index in [4.69, 9.17) is 4.42 Å². The van der Waals surface area contributed by atoms with Crippen molar-refractivity contribution in [3.05, 3.63) is 113 Å². The molecule has 244 valence electrons. The molecular weight excluding hydrogens is 629 g/mol. The highest BCUT2D eigenvalue weighted by atomic mass is 32.2. The third-order valence-corrected chi connectivity index (χ3v) is 10.0. The Morgan fingerprint density at radius 3 is 2.60 bits per heavy atom. The topological polar surface area (TPSA) is 105 Å². The van der Waals surface area contributed by atoms with Crippen LogP contribution in [0.3, 0.4) is 0 Å². The predicted molar refractivity (Wildman–Crippen MR) is 172 cm³/mol. The number of anilines is 1. The van der Waals surface area contributed by atoms with Crippen LogP contribution in [0, 0.1) is 24.7 Å². The molecule has 0 bridgehead atoms. The van der Waals surface area contributed by atoms with Gasteiger partial charge in [0.1, 0.15) is 0 Å². The number of likely N-dealkylation sites (tertiary alicyclic amines) is 1. The number of pyridine rings is 1. The Bertz CT molecular complexity index is 1920. The van der Waals surface area contributed by atoms with Crippen molar-refractivity contribution < 1.29 is 31.4 Å². The van der Waals surface area contributed by atoms with Gasteiger partial charge < -0.3 is 14.6 Å². The Morgan fingerprint density at radius 1 is 1.06 bits per heavy atom. The molecule has 47 heavy (non-hydrogen) atoms. The average Bonchev–Trinajstić information content (AvgIpc) is 3.50. The van der Waals surface area contributed by atoms with E-state index in [1.807, 2.05) is 0 Å². The lowest BCUT2D eigenvalue weighted by atomic mass is 9.97. The zero-order valence-electron chi connectivity index (χ0n) is 25.6. The molecule has 0 aliphatic carbocycles. The summed E-state index contributed by atoms with van der Waals surface area (Å²) >= 11 is 0. The van der Waals surface area contributed by atoms with Crippen molar-refractivity contribution in [2.75, 3.05) is 30.7 Å². The summed E-state index contributed by atoms with van der Waals surface area (Å²) in [6.45, 7) is 2.54. The van der Waals surface area contributed by atoms with Gasteiger partial charge in [-0.3, -0.25) is 14.6 Å². The first-order valence-corrected chi connectivity index (χ1v) is 16.7. The molecule has 2 atom stereocenters. The van der Waals surface area contributed by atoms with Crippen LogP contribution in [0.5, 0.6) is 0 Å². The van der Waals surface area contributed by atoms with Crippen molar-refractivity contribution in [1.82, 2.24) is 9.88 Å². The SMILES string of the molecule is Cc1ccoc1C(=O)Nc1cccc(C#Cc2cncc(C(=O)N=S(=O)(CCCN3CCCC(C(F)(F)F)C3)c3ccccc3)c2)c1. The van der Waals surface area contributed by atoms with E-state index in [9.17, 15) is 27.0 Å². The first kappa shape index (κ1) is 33.6. The number of halogens is 3. The van der Waals surface area contributed by atoms with Crippen LogP contribution < -0.4 is 5.32 Å². The summed E-state index contributed by atoms with van der Waals surface area (Å²) in [4.78, 5) is 32.1. The molecule has 2 unspecified atom stereocenters. The van der Waals surface area contributed by atoms with Gasteiger partial charge in [-0.25, -0.2) is 4.21 Å². The summed E-state index contributed by atoms with van der Waals surface area (Å²) in [7, 11) is -3.24. The standard InChI is InChI=1S/C35H33F3N4O4S/c1-25-15-18-46-32(25)34(44)40-30-10-5-8-26(21-30)13-14-27-20-28(23-39-22-27)33(43)41-47(45,31-11-3-2-4-12-31)19-7-17-42-16-6-9-29(24-42)35(36,37)38/h2-5,8,10-12,15,18,20-23,29H,6-7,9,16-17,19,24H2,1H3,(H,40,44). The minimum absolute atomic E-state index is 0.00916. The molecule has 1 saturated heterocycles. The lowest BCUT2D eigenvalue weighted by Gasteiger charge is -2.33. The number of carbonyl (C=O) groups excluding carboxylic acids is 2. The van der Waals surface area contributed by atoms with Gasteiger partial charge in [-0.2, -0.15) is 17.5 Å². The van der Waals surface area contributed by atoms with E-state index in [1.54, 1.807) is 72.5 Å². The molecule has 4 aromatic rings. The summed E-state index contributed by atoms with van der Waals surface area (Å²) in [5.74, 6) is 3.69. The molecule has 5 rings (SSSR count). The molecule has 0 saturated carbocycles. The highest BCUT2D eigenvalue weighted by Crippen LogP contribution is 2.33. The van der Waals surface area contributed by atoms with Gasteiger partial charge >= 0.3 is 6.18 Å². The van der Waals surface area contributed by atoms with Crippen LogP contribution in [-0.4, -0.2) is 57.5 Å². The van der Waals surface area contributed by atoms with E-state index in [2.05, 4.69) is 26.5 Å². The number of alkyl halides is 3. The smallest absolute Gasteiger partial charge is 0.393 e. The minimum atomic E-state index is -4.24. The third kappa shape index (κ3) is 8.96. The minimum Gasteiger partial charge on any atom is -0.459 e. The molecule has 1 N–H and O–H groups in total. The van der Waals surface area contributed by atoms with E-state index in [0.29, 0.717) is 53.2 Å². The summed E-state index contributed by atoms with van der Waals surface area (Å²) in [5, 5.41) is 2.78. The number of carbonyl (C=O) groups is 2. The fraction of sp³-hybridized carbons (Fsp3) is 0.286. The predicted octanol–water partition coefficient (Wildman–Crippen LogP) is 6.97. The zero-order valence-corrected chi connectivity index (χ0v) is 26.4. The highest BCUT2D eigenvalue weighted by Gasteiger charge is 2.41. The Hall–Kier alpha value is -4.73. The number of aromatic nitrogens is 1. The fourth-order valence-corrected chi connectivity index (χ4v) is 7.19. The summed E-state index contributed by atoms with van der Waals surface area (Å²) in [6.07, 6.45) is 0.864. The van der Waals surface area contributed by atoms with Crippen molar-refractivity contribution in [3.8, 4) is 11.8 Å². The molecular formula is C35H33F3N4O4S. The van der Waals surface area contributed by atoms with Gasteiger partial charge in [0, 0.05) is 52.0 Å². The van der Waals surface area contributed by atoms with Gasteiger partial charge in [0.15, 0.2) is 5.76 Å². The lowest BCUT2D eigenvalue weighted by molar-refractivity contribution is -0.186. The van der Waals surface area contributed by atoms with Gasteiger partial charge in [0.25, 0.3) is 11.8 Å². The molecule has 12 heteroatoms. The fourth-order valence-electron chi connectivity index (χ4n) is 5.28. The first-order valence-electron chi connectivity index (χ1n) is 15.1. The maximum Gasteiger partial charge on any atom is 0.393 e. The van der Waals surface area contributed by atoms with E-state index >= 15 is 0 Å². The number of benzene rings is 2. The van der Waals surface area contributed by atoms with Crippen molar-refractivity contribution in [1.29, 1.82) is 0 Å². The molecule has 0 radical (unpaired) electrons. The number of nitrogens with one attached hydrogen (secondary N) is 1. The number of piperidine rings is 1. The monoisotopic (exact) mass is 662 g/mol. The lowest BCUT2D eigenvalue weighted by Crippen LogP contribution is -2.42. The Balaban J connectivity index is 1.30.